The maximum absolute atomic E-state index is 6.13. The van der Waals surface area contributed by atoms with Gasteiger partial charge in [-0.3, -0.25) is 0 Å². The highest BCUT2D eigenvalue weighted by Gasteiger charge is 2.48. The fraction of sp³-hybridized carbons (Fsp3) is 0.538. The van der Waals surface area contributed by atoms with Gasteiger partial charge in [0.05, 0.1) is 5.02 Å². The molecule has 1 fully saturated rings. The minimum Gasteiger partial charge on any atom is -0.488 e. The van der Waals surface area contributed by atoms with Crippen molar-refractivity contribution < 1.29 is 4.74 Å². The molecular formula is C13H18ClNO. The lowest BCUT2D eigenvalue weighted by Gasteiger charge is -2.49. The van der Waals surface area contributed by atoms with Crippen molar-refractivity contribution >= 4 is 11.6 Å². The van der Waals surface area contributed by atoms with Crippen LogP contribution in [-0.2, 0) is 0 Å². The van der Waals surface area contributed by atoms with Crippen LogP contribution < -0.4 is 10.5 Å². The Balaban J connectivity index is 2.11. The van der Waals surface area contributed by atoms with E-state index < -0.39 is 0 Å². The number of halogens is 1. The van der Waals surface area contributed by atoms with Crippen molar-refractivity contribution in [2.24, 2.45) is 11.1 Å². The number of ether oxygens (including phenoxy) is 1. The summed E-state index contributed by atoms with van der Waals surface area (Å²) >= 11 is 6.13. The zero-order valence-electron chi connectivity index (χ0n) is 9.96. The molecule has 0 aliphatic heterocycles. The second-order valence-corrected chi connectivity index (χ2v) is 5.61. The number of hydrogen-bond donors (Lipinski definition) is 1. The second kappa shape index (κ2) is 3.94. The third-order valence-electron chi connectivity index (χ3n) is 3.61. The smallest absolute Gasteiger partial charge is 0.138 e. The molecule has 2 nitrogen and oxygen atoms in total. The molecule has 2 rings (SSSR count). The summed E-state index contributed by atoms with van der Waals surface area (Å²) < 4.78 is 5.91. The van der Waals surface area contributed by atoms with E-state index in [1.165, 1.54) is 0 Å². The molecule has 16 heavy (non-hydrogen) atoms. The predicted octanol–water partition coefficient (Wildman–Crippen LogP) is 3.15. The van der Waals surface area contributed by atoms with Gasteiger partial charge in [-0.2, -0.15) is 0 Å². The summed E-state index contributed by atoms with van der Waals surface area (Å²) in [5, 5.41) is 0.677. The second-order valence-electron chi connectivity index (χ2n) is 5.20. The van der Waals surface area contributed by atoms with Crippen molar-refractivity contribution in [3.05, 3.63) is 28.8 Å². The summed E-state index contributed by atoms with van der Waals surface area (Å²) in [7, 11) is 0. The van der Waals surface area contributed by atoms with Crippen LogP contribution >= 0.6 is 11.6 Å². The Morgan fingerprint density at radius 1 is 1.44 bits per heavy atom. The van der Waals surface area contributed by atoms with Crippen LogP contribution in [0.15, 0.2) is 18.2 Å². The van der Waals surface area contributed by atoms with Crippen LogP contribution in [0.4, 0.5) is 0 Å². The van der Waals surface area contributed by atoms with E-state index in [4.69, 9.17) is 22.1 Å². The Hall–Kier alpha value is -0.730. The molecule has 0 spiro atoms. The van der Waals surface area contributed by atoms with Crippen LogP contribution in [0.2, 0.25) is 5.02 Å². The van der Waals surface area contributed by atoms with E-state index in [2.05, 4.69) is 13.8 Å². The van der Waals surface area contributed by atoms with Gasteiger partial charge in [0.15, 0.2) is 0 Å². The van der Waals surface area contributed by atoms with Gasteiger partial charge in [0.1, 0.15) is 11.9 Å². The lowest BCUT2D eigenvalue weighted by Crippen LogP contribution is -2.60. The normalized spacial score (nSPS) is 27.3. The molecule has 0 heterocycles. The third kappa shape index (κ3) is 1.92. The maximum Gasteiger partial charge on any atom is 0.138 e. The molecule has 1 aliphatic carbocycles. The van der Waals surface area contributed by atoms with E-state index in [9.17, 15) is 0 Å². The highest BCUT2D eigenvalue weighted by Crippen LogP contribution is 2.42. The van der Waals surface area contributed by atoms with Crippen molar-refractivity contribution in [2.45, 2.75) is 39.3 Å². The standard InChI is InChI=1S/C13H18ClNO/c1-8-4-5-10(9(14)6-8)16-12-7-11(15)13(12,2)3/h4-6,11-12H,7,15H2,1-3H3. The molecule has 1 saturated carbocycles. The number of benzene rings is 1. The third-order valence-corrected chi connectivity index (χ3v) is 3.91. The summed E-state index contributed by atoms with van der Waals surface area (Å²) in [6, 6.07) is 6.08. The molecule has 0 aromatic heterocycles. The van der Waals surface area contributed by atoms with Crippen LogP contribution in [0.5, 0.6) is 5.75 Å². The van der Waals surface area contributed by atoms with Crippen molar-refractivity contribution in [3.63, 3.8) is 0 Å². The molecule has 1 aromatic carbocycles. The van der Waals surface area contributed by atoms with E-state index in [0.29, 0.717) is 5.02 Å². The van der Waals surface area contributed by atoms with Gasteiger partial charge >= 0.3 is 0 Å². The van der Waals surface area contributed by atoms with Crippen LogP contribution in [0.25, 0.3) is 0 Å². The van der Waals surface area contributed by atoms with E-state index in [1.807, 2.05) is 25.1 Å². The fourth-order valence-electron chi connectivity index (χ4n) is 1.97. The Bertz CT molecular complexity index is 403. The minimum absolute atomic E-state index is 0.0359. The van der Waals surface area contributed by atoms with Crippen LogP contribution in [0.3, 0.4) is 0 Å². The predicted molar refractivity (Wildman–Crippen MR) is 67.0 cm³/mol. The van der Waals surface area contributed by atoms with Crippen LogP contribution in [0, 0.1) is 12.3 Å². The maximum atomic E-state index is 6.13. The lowest BCUT2D eigenvalue weighted by atomic mass is 9.65. The zero-order chi connectivity index (χ0) is 11.9. The Morgan fingerprint density at radius 2 is 2.12 bits per heavy atom. The number of rotatable bonds is 2. The summed E-state index contributed by atoms with van der Waals surface area (Å²) in [5.74, 6) is 0.761. The molecule has 88 valence electrons. The summed E-state index contributed by atoms with van der Waals surface area (Å²) in [5.41, 5.74) is 7.13. The SMILES string of the molecule is Cc1ccc(OC2CC(N)C2(C)C)c(Cl)c1. The average Bonchev–Trinajstić information content (AvgIpc) is 2.21. The van der Waals surface area contributed by atoms with Gasteiger partial charge in [0.25, 0.3) is 0 Å². The van der Waals surface area contributed by atoms with Crippen molar-refractivity contribution in [2.75, 3.05) is 0 Å². The molecule has 3 heteroatoms. The lowest BCUT2D eigenvalue weighted by molar-refractivity contribution is -0.0399. The topological polar surface area (TPSA) is 35.2 Å². The first kappa shape index (κ1) is 11.7. The van der Waals surface area contributed by atoms with E-state index in [1.54, 1.807) is 0 Å². The Morgan fingerprint density at radius 3 is 2.62 bits per heavy atom. The molecule has 2 unspecified atom stereocenters. The van der Waals surface area contributed by atoms with Crippen LogP contribution in [0.1, 0.15) is 25.8 Å². The van der Waals surface area contributed by atoms with Crippen molar-refractivity contribution in [3.8, 4) is 5.75 Å². The van der Waals surface area contributed by atoms with Crippen LogP contribution in [-0.4, -0.2) is 12.1 Å². The summed E-state index contributed by atoms with van der Waals surface area (Å²) in [6.07, 6.45) is 1.07. The van der Waals surface area contributed by atoms with Gasteiger partial charge in [0, 0.05) is 17.9 Å². The first-order chi connectivity index (χ1) is 7.41. The van der Waals surface area contributed by atoms with Gasteiger partial charge < -0.3 is 10.5 Å². The highest BCUT2D eigenvalue weighted by atomic mass is 35.5. The largest absolute Gasteiger partial charge is 0.488 e. The highest BCUT2D eigenvalue weighted by molar-refractivity contribution is 6.32. The molecular weight excluding hydrogens is 222 g/mol. The summed E-state index contributed by atoms with van der Waals surface area (Å²) in [6.45, 7) is 6.28. The molecule has 1 aliphatic rings. The van der Waals surface area contributed by atoms with Gasteiger partial charge in [-0.05, 0) is 24.6 Å². The monoisotopic (exact) mass is 239 g/mol. The van der Waals surface area contributed by atoms with Crippen molar-refractivity contribution in [1.29, 1.82) is 0 Å². The Labute approximate surface area is 102 Å². The fourth-order valence-corrected chi connectivity index (χ4v) is 2.25. The minimum atomic E-state index is 0.0359. The van der Waals surface area contributed by atoms with Crippen molar-refractivity contribution in [1.82, 2.24) is 0 Å². The average molecular weight is 240 g/mol. The number of aryl methyl sites for hydroxylation is 1. The number of hydrogen-bond acceptors (Lipinski definition) is 2. The zero-order valence-corrected chi connectivity index (χ0v) is 10.7. The molecule has 0 radical (unpaired) electrons. The first-order valence-corrected chi connectivity index (χ1v) is 5.97. The first-order valence-electron chi connectivity index (χ1n) is 5.59. The van der Waals surface area contributed by atoms with E-state index in [-0.39, 0.29) is 17.6 Å². The summed E-state index contributed by atoms with van der Waals surface area (Å²) in [4.78, 5) is 0. The molecule has 0 amide bonds. The molecule has 2 N–H and O–H groups in total. The molecule has 2 atom stereocenters. The van der Waals surface area contributed by atoms with E-state index in [0.717, 1.165) is 17.7 Å². The van der Waals surface area contributed by atoms with Gasteiger partial charge in [0.2, 0.25) is 0 Å². The van der Waals surface area contributed by atoms with Gasteiger partial charge in [-0.25, -0.2) is 0 Å². The Kier molecular flexibility index (Phi) is 2.89. The molecule has 1 aromatic rings. The quantitative estimate of drug-likeness (QED) is 0.861. The number of nitrogens with two attached hydrogens (primary N) is 1. The molecule has 0 saturated heterocycles. The van der Waals surface area contributed by atoms with Gasteiger partial charge in [-0.15, -0.1) is 0 Å². The van der Waals surface area contributed by atoms with Gasteiger partial charge in [-0.1, -0.05) is 31.5 Å². The molecule has 0 bridgehead atoms. The van der Waals surface area contributed by atoms with E-state index >= 15 is 0 Å².